The van der Waals surface area contributed by atoms with Crippen LogP contribution in [0.4, 0.5) is 0 Å². The van der Waals surface area contributed by atoms with E-state index in [0.29, 0.717) is 48.4 Å². The maximum atomic E-state index is 12.5. The van der Waals surface area contributed by atoms with Gasteiger partial charge in [-0.3, -0.25) is 4.79 Å². The monoisotopic (exact) mass is 324 g/mol. The van der Waals surface area contributed by atoms with Gasteiger partial charge in [-0.25, -0.2) is 0 Å². The number of rotatable bonds is 3. The predicted octanol–water partition coefficient (Wildman–Crippen LogP) is 3.47. The largest absolute Gasteiger partial charge is 0.494 e. The number of allylic oxidation sites excluding steroid dienone is 1. The van der Waals surface area contributed by atoms with Gasteiger partial charge in [0.2, 0.25) is 5.78 Å². The molecule has 0 spiro atoms. The van der Waals surface area contributed by atoms with Crippen molar-refractivity contribution in [3.05, 3.63) is 53.3 Å². The standard InChI is InChI=1S/C19H16O5/c1-2-21-13-4-5-14-16(11-13)24-18(19(14)20)10-12-3-6-15-17(9-12)23-8-7-22-15/h3-6,9-11H,2,7-8H2,1H3. The van der Waals surface area contributed by atoms with E-state index in [0.717, 1.165) is 5.56 Å². The first kappa shape index (κ1) is 14.6. The molecule has 0 fully saturated rings. The summed E-state index contributed by atoms with van der Waals surface area (Å²) in [5.41, 5.74) is 1.36. The molecule has 2 aromatic rings. The molecule has 5 heteroatoms. The van der Waals surface area contributed by atoms with Crippen molar-refractivity contribution < 1.29 is 23.7 Å². The van der Waals surface area contributed by atoms with Gasteiger partial charge in [-0.15, -0.1) is 0 Å². The maximum Gasteiger partial charge on any atom is 0.231 e. The van der Waals surface area contributed by atoms with E-state index in [2.05, 4.69) is 0 Å². The molecular formula is C19H16O5. The average Bonchev–Trinajstić information content (AvgIpc) is 2.90. The summed E-state index contributed by atoms with van der Waals surface area (Å²) in [6, 6.07) is 10.8. The topological polar surface area (TPSA) is 54.0 Å². The molecule has 2 aliphatic rings. The van der Waals surface area contributed by atoms with E-state index in [-0.39, 0.29) is 11.5 Å². The number of ketones is 1. The van der Waals surface area contributed by atoms with Crippen LogP contribution in [0.1, 0.15) is 22.8 Å². The fraction of sp³-hybridized carbons (Fsp3) is 0.211. The molecule has 0 aromatic heterocycles. The molecule has 0 radical (unpaired) electrons. The molecular weight excluding hydrogens is 308 g/mol. The number of benzene rings is 2. The zero-order chi connectivity index (χ0) is 16.5. The molecule has 0 saturated carbocycles. The minimum Gasteiger partial charge on any atom is -0.494 e. The summed E-state index contributed by atoms with van der Waals surface area (Å²) in [6.45, 7) is 3.54. The van der Waals surface area contributed by atoms with Crippen LogP contribution in [0.3, 0.4) is 0 Å². The van der Waals surface area contributed by atoms with Gasteiger partial charge in [0.1, 0.15) is 24.7 Å². The summed E-state index contributed by atoms with van der Waals surface area (Å²) >= 11 is 0. The lowest BCUT2D eigenvalue weighted by molar-refractivity contribution is 0.101. The first-order valence-electron chi connectivity index (χ1n) is 7.85. The summed E-state index contributed by atoms with van der Waals surface area (Å²) < 4.78 is 22.2. The van der Waals surface area contributed by atoms with Gasteiger partial charge in [0.05, 0.1) is 12.2 Å². The lowest BCUT2D eigenvalue weighted by Gasteiger charge is -2.18. The number of fused-ring (bicyclic) bond motifs is 2. The molecule has 0 atom stereocenters. The van der Waals surface area contributed by atoms with Crippen LogP contribution in [0.25, 0.3) is 6.08 Å². The van der Waals surface area contributed by atoms with Crippen LogP contribution in [-0.2, 0) is 0 Å². The third-order valence-corrected chi connectivity index (χ3v) is 3.82. The van der Waals surface area contributed by atoms with Gasteiger partial charge in [0.15, 0.2) is 17.3 Å². The SMILES string of the molecule is CCOc1ccc2c(c1)OC(=Cc1ccc3c(c1)OCCO3)C2=O. The van der Waals surface area contributed by atoms with Gasteiger partial charge >= 0.3 is 0 Å². The fourth-order valence-electron chi connectivity index (χ4n) is 2.72. The highest BCUT2D eigenvalue weighted by molar-refractivity contribution is 6.14. The van der Waals surface area contributed by atoms with Crippen molar-refractivity contribution >= 4 is 11.9 Å². The van der Waals surface area contributed by atoms with Crippen LogP contribution in [0.5, 0.6) is 23.0 Å². The van der Waals surface area contributed by atoms with Gasteiger partial charge < -0.3 is 18.9 Å². The van der Waals surface area contributed by atoms with Crippen molar-refractivity contribution in [1.29, 1.82) is 0 Å². The molecule has 2 heterocycles. The molecule has 0 bridgehead atoms. The number of carbonyl (C=O) groups is 1. The molecule has 24 heavy (non-hydrogen) atoms. The second-order valence-corrected chi connectivity index (χ2v) is 5.43. The quantitative estimate of drug-likeness (QED) is 0.809. The Bertz CT molecular complexity index is 838. The van der Waals surface area contributed by atoms with Crippen LogP contribution >= 0.6 is 0 Å². The first-order chi connectivity index (χ1) is 11.7. The number of Topliss-reactive ketones (excluding diaryl/α,β-unsaturated/α-hetero) is 1. The normalized spacial score (nSPS) is 16.7. The Kier molecular flexibility index (Phi) is 3.61. The highest BCUT2D eigenvalue weighted by atomic mass is 16.6. The van der Waals surface area contributed by atoms with E-state index >= 15 is 0 Å². The zero-order valence-corrected chi connectivity index (χ0v) is 13.2. The Hall–Kier alpha value is -2.95. The van der Waals surface area contributed by atoms with Gasteiger partial charge in [0, 0.05) is 6.07 Å². The minimum absolute atomic E-state index is 0.136. The van der Waals surface area contributed by atoms with Crippen molar-refractivity contribution in [2.75, 3.05) is 19.8 Å². The van der Waals surface area contributed by atoms with Crippen LogP contribution in [0, 0.1) is 0 Å². The molecule has 0 saturated heterocycles. The molecule has 5 nitrogen and oxygen atoms in total. The van der Waals surface area contributed by atoms with Gasteiger partial charge in [0.25, 0.3) is 0 Å². The van der Waals surface area contributed by atoms with Gasteiger partial charge in [-0.1, -0.05) is 6.07 Å². The molecule has 0 amide bonds. The minimum atomic E-state index is -0.136. The maximum absolute atomic E-state index is 12.5. The van der Waals surface area contributed by atoms with Crippen molar-refractivity contribution in [2.45, 2.75) is 6.92 Å². The average molecular weight is 324 g/mol. The van der Waals surface area contributed by atoms with E-state index in [4.69, 9.17) is 18.9 Å². The van der Waals surface area contributed by atoms with E-state index in [1.165, 1.54) is 0 Å². The summed E-state index contributed by atoms with van der Waals surface area (Å²) in [7, 11) is 0. The van der Waals surface area contributed by atoms with Crippen molar-refractivity contribution in [2.24, 2.45) is 0 Å². The Morgan fingerprint density at radius 3 is 2.71 bits per heavy atom. The third-order valence-electron chi connectivity index (χ3n) is 3.82. The summed E-state index contributed by atoms with van der Waals surface area (Å²) in [5, 5.41) is 0. The Morgan fingerprint density at radius 1 is 1.04 bits per heavy atom. The van der Waals surface area contributed by atoms with Crippen molar-refractivity contribution in [3.63, 3.8) is 0 Å². The summed E-state index contributed by atoms with van der Waals surface area (Å²) in [4.78, 5) is 12.5. The van der Waals surface area contributed by atoms with Crippen LogP contribution < -0.4 is 18.9 Å². The smallest absolute Gasteiger partial charge is 0.231 e. The second kappa shape index (κ2) is 5.92. The lowest BCUT2D eigenvalue weighted by Crippen LogP contribution is -2.15. The van der Waals surface area contributed by atoms with Crippen molar-refractivity contribution in [1.82, 2.24) is 0 Å². The van der Waals surface area contributed by atoms with Crippen LogP contribution in [-0.4, -0.2) is 25.6 Å². The Morgan fingerprint density at radius 2 is 1.88 bits per heavy atom. The molecule has 0 aliphatic carbocycles. The highest BCUT2D eigenvalue weighted by Crippen LogP contribution is 2.36. The predicted molar refractivity (Wildman–Crippen MR) is 88.0 cm³/mol. The lowest BCUT2D eigenvalue weighted by atomic mass is 10.1. The molecule has 122 valence electrons. The third kappa shape index (κ3) is 2.58. The van der Waals surface area contributed by atoms with E-state index < -0.39 is 0 Å². The molecule has 0 unspecified atom stereocenters. The van der Waals surface area contributed by atoms with Crippen molar-refractivity contribution in [3.8, 4) is 23.0 Å². The molecule has 2 aromatic carbocycles. The molecule has 0 N–H and O–H groups in total. The van der Waals surface area contributed by atoms with Gasteiger partial charge in [-0.05, 0) is 42.8 Å². The van der Waals surface area contributed by atoms with Crippen LogP contribution in [0.15, 0.2) is 42.2 Å². The summed E-state index contributed by atoms with van der Waals surface area (Å²) in [6.07, 6.45) is 1.71. The number of carbonyl (C=O) groups excluding carboxylic acids is 1. The van der Waals surface area contributed by atoms with E-state index in [1.54, 1.807) is 24.3 Å². The zero-order valence-electron chi connectivity index (χ0n) is 13.2. The molecule has 4 rings (SSSR count). The van der Waals surface area contributed by atoms with Gasteiger partial charge in [-0.2, -0.15) is 0 Å². The first-order valence-corrected chi connectivity index (χ1v) is 7.85. The van der Waals surface area contributed by atoms with E-state index in [1.807, 2.05) is 25.1 Å². The number of ether oxygens (including phenoxy) is 4. The summed E-state index contributed by atoms with van der Waals surface area (Å²) in [5.74, 6) is 2.75. The van der Waals surface area contributed by atoms with Crippen LogP contribution in [0.2, 0.25) is 0 Å². The number of hydrogen-bond donors (Lipinski definition) is 0. The number of hydrogen-bond acceptors (Lipinski definition) is 5. The fourth-order valence-corrected chi connectivity index (χ4v) is 2.72. The van der Waals surface area contributed by atoms with E-state index in [9.17, 15) is 4.79 Å². The second-order valence-electron chi connectivity index (χ2n) is 5.43. The Labute approximate surface area is 139 Å². The molecule has 2 aliphatic heterocycles. The highest BCUT2D eigenvalue weighted by Gasteiger charge is 2.27. The Balaban J connectivity index is 1.63.